The first-order valence-electron chi connectivity index (χ1n) is 7.39. The van der Waals surface area contributed by atoms with Crippen LogP contribution in [0.2, 0.25) is 25.7 Å². The summed E-state index contributed by atoms with van der Waals surface area (Å²) < 4.78 is 5.15. The topological polar surface area (TPSA) is 78.5 Å². The Hall–Kier alpha value is 0.593. The van der Waals surface area contributed by atoms with E-state index in [0.717, 1.165) is 18.9 Å². The fraction of sp³-hybridized carbons (Fsp3) is 0.857. The summed E-state index contributed by atoms with van der Waals surface area (Å²) in [5, 5.41) is 13.5. The monoisotopic (exact) mass is 339 g/mol. The summed E-state index contributed by atoms with van der Waals surface area (Å²) in [5.41, 5.74) is 0. The Labute approximate surface area is 171 Å². The average molecular weight is 340 g/mol. The Balaban J connectivity index is 0.00000400. The zero-order valence-electron chi connectivity index (χ0n) is 13.7. The van der Waals surface area contributed by atoms with Crippen LogP contribution in [0.25, 0.3) is 0 Å². The van der Waals surface area contributed by atoms with Crippen LogP contribution in [0.3, 0.4) is 0 Å². The third-order valence-corrected chi connectivity index (χ3v) is 5.50. The third kappa shape index (κ3) is 10.1. The van der Waals surface area contributed by atoms with Gasteiger partial charge in [-0.15, -0.1) is 0 Å². The fourth-order valence-corrected chi connectivity index (χ4v) is 3.05. The van der Waals surface area contributed by atoms with E-state index in [-0.39, 0.29) is 63.4 Å². The third-order valence-electron chi connectivity index (χ3n) is 3.80. The van der Waals surface area contributed by atoms with Crippen LogP contribution in [-0.4, -0.2) is 33.3 Å². The first-order valence-corrected chi connectivity index (χ1v) is 11.1. The van der Waals surface area contributed by atoms with E-state index >= 15 is 0 Å². The van der Waals surface area contributed by atoms with Crippen molar-refractivity contribution in [3.63, 3.8) is 0 Å². The predicted molar refractivity (Wildman–Crippen MR) is 78.0 cm³/mol. The van der Waals surface area contributed by atoms with Crippen LogP contribution < -0.4 is 61.8 Å². The van der Waals surface area contributed by atoms with E-state index < -0.39 is 14.0 Å². The van der Waals surface area contributed by atoms with Gasteiger partial charge in [-0.3, -0.25) is 0 Å². The minimum Gasteiger partial charge on any atom is -0.550 e. The van der Waals surface area contributed by atoms with Crippen molar-refractivity contribution in [1.82, 2.24) is 5.32 Å². The van der Waals surface area contributed by atoms with Gasteiger partial charge < -0.3 is 20.0 Å². The number of hydrogen-bond donors (Lipinski definition) is 1. The molecule has 0 aromatic heterocycles. The number of ether oxygens (including phenoxy) is 1. The minimum absolute atomic E-state index is 0. The van der Waals surface area contributed by atoms with Gasteiger partial charge in [0.05, 0.1) is 6.61 Å². The van der Waals surface area contributed by atoms with E-state index in [4.69, 9.17) is 4.74 Å². The molecule has 0 atom stereocenters. The standard InChI is InChI=1S/C14H27NO4Si.K/c1-20(2,3)9-8-19-14(18)15-10-11-4-6-12(7-5-11)13(16)17;/h11-12H,4-10H2,1-3H3,(H,15,18)(H,16,17);/q;+1/p-1. The van der Waals surface area contributed by atoms with E-state index in [1.165, 1.54) is 0 Å². The maximum atomic E-state index is 11.5. The second kappa shape index (κ2) is 10.4. The van der Waals surface area contributed by atoms with Crippen LogP contribution in [0.5, 0.6) is 0 Å². The van der Waals surface area contributed by atoms with E-state index in [0.29, 0.717) is 31.9 Å². The normalized spacial score (nSPS) is 22.0. The van der Waals surface area contributed by atoms with Crippen LogP contribution in [0, 0.1) is 11.8 Å². The van der Waals surface area contributed by atoms with Gasteiger partial charge >= 0.3 is 57.5 Å². The zero-order valence-corrected chi connectivity index (χ0v) is 17.9. The molecular weight excluding hydrogens is 313 g/mol. The predicted octanol–water partition coefficient (Wildman–Crippen LogP) is -1.39. The van der Waals surface area contributed by atoms with Gasteiger partial charge in [0.1, 0.15) is 0 Å². The first kappa shape index (κ1) is 21.6. The average Bonchev–Trinajstić information content (AvgIpc) is 2.35. The molecule has 1 fully saturated rings. The van der Waals surface area contributed by atoms with Crippen LogP contribution in [0.15, 0.2) is 0 Å². The van der Waals surface area contributed by atoms with Crippen molar-refractivity contribution < 1.29 is 70.8 Å². The van der Waals surface area contributed by atoms with Crippen LogP contribution >= 0.6 is 0 Å². The molecule has 0 aliphatic heterocycles. The van der Waals surface area contributed by atoms with Gasteiger partial charge in [-0.25, -0.2) is 4.79 Å². The maximum Gasteiger partial charge on any atom is 1.00 e. The van der Waals surface area contributed by atoms with Crippen molar-refractivity contribution in [3.8, 4) is 0 Å². The number of carboxylic acid groups (broad SMARTS) is 1. The van der Waals surface area contributed by atoms with Crippen molar-refractivity contribution in [2.75, 3.05) is 13.2 Å². The molecule has 116 valence electrons. The largest absolute Gasteiger partial charge is 1.00 e. The van der Waals surface area contributed by atoms with Crippen LogP contribution in [-0.2, 0) is 9.53 Å². The second-order valence-corrected chi connectivity index (χ2v) is 12.5. The summed E-state index contributed by atoms with van der Waals surface area (Å²) in [5.74, 6) is -0.896. The zero-order chi connectivity index (χ0) is 15.2. The van der Waals surface area contributed by atoms with Crippen LogP contribution in [0.1, 0.15) is 25.7 Å². The van der Waals surface area contributed by atoms with E-state index in [9.17, 15) is 14.7 Å². The van der Waals surface area contributed by atoms with Gasteiger partial charge in [0.25, 0.3) is 0 Å². The van der Waals surface area contributed by atoms with Crippen molar-refractivity contribution in [3.05, 3.63) is 0 Å². The van der Waals surface area contributed by atoms with E-state index in [1.54, 1.807) is 0 Å². The second-order valence-electron chi connectivity index (χ2n) is 6.86. The Morgan fingerprint density at radius 2 is 1.76 bits per heavy atom. The summed E-state index contributed by atoms with van der Waals surface area (Å²) in [7, 11) is -1.16. The molecule has 1 rings (SSSR count). The summed E-state index contributed by atoms with van der Waals surface area (Å²) in [6, 6.07) is 0.969. The van der Waals surface area contributed by atoms with Gasteiger partial charge in [-0.2, -0.15) is 0 Å². The summed E-state index contributed by atoms with van der Waals surface area (Å²) in [6.45, 7) is 7.78. The van der Waals surface area contributed by atoms with Gasteiger partial charge in [-0.05, 0) is 43.6 Å². The van der Waals surface area contributed by atoms with Crippen molar-refractivity contribution in [2.24, 2.45) is 11.8 Å². The molecule has 1 aliphatic carbocycles. The smallest absolute Gasteiger partial charge is 0.550 e. The molecule has 0 unspecified atom stereocenters. The number of alkyl carbamates (subject to hydrolysis) is 1. The fourth-order valence-electron chi connectivity index (χ4n) is 2.33. The summed E-state index contributed by atoms with van der Waals surface area (Å²) >= 11 is 0. The molecule has 0 heterocycles. The molecule has 0 aromatic carbocycles. The molecule has 1 N–H and O–H groups in total. The van der Waals surface area contributed by atoms with Crippen molar-refractivity contribution in [1.29, 1.82) is 0 Å². The Bertz CT molecular complexity index is 338. The Morgan fingerprint density at radius 3 is 2.24 bits per heavy atom. The Kier molecular flexibility index (Phi) is 10.7. The van der Waals surface area contributed by atoms with Gasteiger partial charge in [0, 0.05) is 20.6 Å². The Morgan fingerprint density at radius 1 is 1.19 bits per heavy atom. The van der Waals surface area contributed by atoms with E-state index in [1.807, 2.05) is 0 Å². The first-order chi connectivity index (χ1) is 9.28. The van der Waals surface area contributed by atoms with Crippen molar-refractivity contribution in [2.45, 2.75) is 51.4 Å². The molecule has 0 bridgehead atoms. The molecular formula is C14H26KNO4Si. The molecule has 1 amide bonds. The molecule has 7 heteroatoms. The number of carboxylic acids is 1. The molecule has 1 aliphatic rings. The number of nitrogens with one attached hydrogen (secondary N) is 1. The van der Waals surface area contributed by atoms with Crippen LogP contribution in [0.4, 0.5) is 4.79 Å². The van der Waals surface area contributed by atoms with Gasteiger partial charge in [0.15, 0.2) is 0 Å². The minimum atomic E-state index is -1.16. The SMILES string of the molecule is C[Si](C)(C)CCOC(=O)NCC1CCC(C(=O)[O-])CC1.[K+]. The van der Waals surface area contributed by atoms with Crippen molar-refractivity contribution >= 4 is 20.1 Å². The summed E-state index contributed by atoms with van der Waals surface area (Å²) in [4.78, 5) is 22.3. The molecule has 0 radical (unpaired) electrons. The quantitative estimate of drug-likeness (QED) is 0.605. The molecule has 21 heavy (non-hydrogen) atoms. The number of aliphatic carboxylic acids is 1. The molecule has 0 saturated heterocycles. The number of amides is 1. The summed E-state index contributed by atoms with van der Waals surface area (Å²) in [6.07, 6.45) is 2.60. The maximum absolute atomic E-state index is 11.5. The number of carbonyl (C=O) groups excluding carboxylic acids is 2. The molecule has 1 saturated carbocycles. The molecule has 5 nitrogen and oxygen atoms in total. The number of carbonyl (C=O) groups is 2. The van der Waals surface area contributed by atoms with E-state index in [2.05, 4.69) is 25.0 Å². The number of rotatable bonds is 6. The molecule has 0 spiro atoms. The van der Waals surface area contributed by atoms with Gasteiger partial charge in [0.2, 0.25) is 0 Å². The van der Waals surface area contributed by atoms with Gasteiger partial charge in [-0.1, -0.05) is 19.6 Å². The number of hydrogen-bond acceptors (Lipinski definition) is 4. The molecule has 0 aromatic rings.